The van der Waals surface area contributed by atoms with E-state index in [2.05, 4.69) is 10.6 Å². The number of hydrogen-bond donors (Lipinski definition) is 4. The molecule has 0 radical (unpaired) electrons. The molecule has 0 saturated heterocycles. The molecule has 3 amide bonds. The Morgan fingerprint density at radius 2 is 1.85 bits per heavy atom. The monoisotopic (exact) mass is 285 g/mol. The number of nitrogens with one attached hydrogen (secondary N) is 2. The maximum atomic E-state index is 11.7. The van der Waals surface area contributed by atoms with E-state index in [0.29, 0.717) is 6.54 Å². The zero-order valence-corrected chi connectivity index (χ0v) is 12.0. The van der Waals surface area contributed by atoms with Gasteiger partial charge in [-0.05, 0) is 32.1 Å². The molecule has 0 spiro atoms. The van der Waals surface area contributed by atoms with Gasteiger partial charge in [-0.2, -0.15) is 0 Å². The molecular weight excluding hydrogens is 262 g/mol. The maximum absolute atomic E-state index is 11.7. The van der Waals surface area contributed by atoms with Crippen LogP contribution in [0.15, 0.2) is 0 Å². The first-order valence-electron chi connectivity index (χ1n) is 6.70. The molecule has 1 fully saturated rings. The minimum atomic E-state index is -0.846. The van der Waals surface area contributed by atoms with E-state index in [4.69, 9.17) is 10.8 Å². The van der Waals surface area contributed by atoms with Gasteiger partial charge in [0.1, 0.15) is 0 Å². The Hall–Kier alpha value is -1.79. The van der Waals surface area contributed by atoms with Crippen LogP contribution in [0.25, 0.3) is 0 Å². The molecule has 1 aliphatic rings. The summed E-state index contributed by atoms with van der Waals surface area (Å²) in [5.74, 6) is -1.33. The summed E-state index contributed by atoms with van der Waals surface area (Å²) in [7, 11) is 0. The van der Waals surface area contributed by atoms with E-state index < -0.39 is 23.3 Å². The average Bonchev–Trinajstić information content (AvgIpc) is 2.29. The molecule has 0 aromatic rings. The molecule has 0 atom stereocenters. The quantitative estimate of drug-likeness (QED) is 0.542. The molecule has 7 nitrogen and oxygen atoms in total. The highest BCUT2D eigenvalue weighted by Gasteiger charge is 2.39. The Morgan fingerprint density at radius 1 is 1.25 bits per heavy atom. The Morgan fingerprint density at radius 3 is 2.25 bits per heavy atom. The lowest BCUT2D eigenvalue weighted by atomic mass is 9.66. The molecule has 20 heavy (non-hydrogen) atoms. The van der Waals surface area contributed by atoms with Crippen LogP contribution in [0.2, 0.25) is 0 Å². The van der Waals surface area contributed by atoms with E-state index in [9.17, 15) is 14.4 Å². The van der Waals surface area contributed by atoms with Crippen LogP contribution in [-0.4, -0.2) is 36.1 Å². The van der Waals surface area contributed by atoms with Gasteiger partial charge in [0.15, 0.2) is 0 Å². The Kier molecular flexibility index (Phi) is 4.97. The number of amides is 3. The molecule has 114 valence electrons. The van der Waals surface area contributed by atoms with Gasteiger partial charge in [0.05, 0.1) is 11.8 Å². The first-order valence-corrected chi connectivity index (χ1v) is 6.70. The second kappa shape index (κ2) is 6.11. The second-order valence-corrected chi connectivity index (χ2v) is 6.21. The van der Waals surface area contributed by atoms with Gasteiger partial charge < -0.3 is 21.5 Å². The molecule has 0 aromatic heterocycles. The molecule has 1 aliphatic carbocycles. The zero-order chi connectivity index (χ0) is 15.4. The highest BCUT2D eigenvalue weighted by molar-refractivity contribution is 5.81. The molecule has 0 aromatic carbocycles. The molecule has 7 heteroatoms. The Labute approximate surface area is 118 Å². The van der Waals surface area contributed by atoms with Crippen molar-refractivity contribution in [2.45, 2.75) is 39.5 Å². The van der Waals surface area contributed by atoms with Crippen LogP contribution in [0.5, 0.6) is 0 Å². The summed E-state index contributed by atoms with van der Waals surface area (Å²) in [6.07, 6.45) is 2.68. The zero-order valence-electron chi connectivity index (χ0n) is 12.0. The molecular formula is C13H23N3O4. The number of carbonyl (C=O) groups excluding carboxylic acids is 2. The van der Waals surface area contributed by atoms with Crippen LogP contribution < -0.4 is 16.4 Å². The van der Waals surface area contributed by atoms with Crippen molar-refractivity contribution in [1.82, 2.24) is 10.6 Å². The van der Waals surface area contributed by atoms with E-state index in [1.165, 1.54) is 0 Å². The van der Waals surface area contributed by atoms with Crippen molar-refractivity contribution >= 4 is 17.9 Å². The first-order chi connectivity index (χ1) is 9.17. The highest BCUT2D eigenvalue weighted by Crippen LogP contribution is 2.43. The van der Waals surface area contributed by atoms with Gasteiger partial charge in [-0.3, -0.25) is 9.59 Å². The summed E-state index contributed by atoms with van der Waals surface area (Å²) in [5, 5.41) is 14.1. The first kappa shape index (κ1) is 16.3. The van der Waals surface area contributed by atoms with Gasteiger partial charge in [0.25, 0.3) is 0 Å². The third kappa shape index (κ3) is 4.40. The van der Waals surface area contributed by atoms with Crippen molar-refractivity contribution in [3.8, 4) is 0 Å². The normalized spacial score (nSPS) is 16.9. The number of rotatable bonds is 7. The molecule has 5 N–H and O–H groups in total. The lowest BCUT2D eigenvalue weighted by Gasteiger charge is -2.40. The summed E-state index contributed by atoms with van der Waals surface area (Å²) < 4.78 is 0. The lowest BCUT2D eigenvalue weighted by molar-refractivity contribution is -0.141. The molecule has 1 saturated carbocycles. The van der Waals surface area contributed by atoms with Crippen molar-refractivity contribution in [2.24, 2.45) is 16.6 Å². The molecule has 0 heterocycles. The SMILES string of the molecule is CC(C)(CNC(=O)NCC1(CC(=O)O)CCC1)C(N)=O. The van der Waals surface area contributed by atoms with E-state index in [-0.39, 0.29) is 18.4 Å². The summed E-state index contributed by atoms with van der Waals surface area (Å²) in [4.78, 5) is 33.6. The smallest absolute Gasteiger partial charge is 0.314 e. The summed E-state index contributed by atoms with van der Waals surface area (Å²) >= 11 is 0. The van der Waals surface area contributed by atoms with Crippen molar-refractivity contribution in [3.63, 3.8) is 0 Å². The minimum Gasteiger partial charge on any atom is -0.481 e. The second-order valence-electron chi connectivity index (χ2n) is 6.21. The molecule has 0 unspecified atom stereocenters. The van der Waals surface area contributed by atoms with Crippen molar-refractivity contribution in [2.75, 3.05) is 13.1 Å². The van der Waals surface area contributed by atoms with Crippen molar-refractivity contribution in [1.29, 1.82) is 0 Å². The standard InChI is InChI=1S/C13H23N3O4/c1-12(2,10(14)19)7-15-11(20)16-8-13(4-3-5-13)6-9(17)18/h3-8H2,1-2H3,(H2,14,19)(H,17,18)(H2,15,16,20). The molecule has 1 rings (SSSR count). The highest BCUT2D eigenvalue weighted by atomic mass is 16.4. The van der Waals surface area contributed by atoms with Gasteiger partial charge in [0.2, 0.25) is 5.91 Å². The fraction of sp³-hybridized carbons (Fsp3) is 0.769. The number of carboxylic acid groups (broad SMARTS) is 1. The fourth-order valence-electron chi connectivity index (χ4n) is 2.13. The van der Waals surface area contributed by atoms with Gasteiger partial charge >= 0.3 is 12.0 Å². The van der Waals surface area contributed by atoms with Crippen LogP contribution in [-0.2, 0) is 9.59 Å². The van der Waals surface area contributed by atoms with Crippen LogP contribution in [0.1, 0.15) is 39.5 Å². The number of aliphatic carboxylic acids is 1. The number of nitrogens with two attached hydrogens (primary N) is 1. The van der Waals surface area contributed by atoms with Gasteiger partial charge in [-0.1, -0.05) is 6.42 Å². The van der Waals surface area contributed by atoms with E-state index >= 15 is 0 Å². The Balaban J connectivity index is 2.36. The van der Waals surface area contributed by atoms with Crippen LogP contribution in [0.3, 0.4) is 0 Å². The summed E-state index contributed by atoms with van der Waals surface area (Å²) in [5.41, 5.74) is 4.08. The van der Waals surface area contributed by atoms with E-state index in [0.717, 1.165) is 19.3 Å². The number of hydrogen-bond acceptors (Lipinski definition) is 3. The summed E-state index contributed by atoms with van der Waals surface area (Å²) in [6, 6.07) is -0.406. The predicted molar refractivity (Wildman–Crippen MR) is 72.9 cm³/mol. The van der Waals surface area contributed by atoms with Crippen LogP contribution in [0, 0.1) is 10.8 Å². The fourth-order valence-corrected chi connectivity index (χ4v) is 2.13. The van der Waals surface area contributed by atoms with Gasteiger partial charge in [0, 0.05) is 13.1 Å². The third-order valence-corrected chi connectivity index (χ3v) is 3.92. The number of carboxylic acids is 1. The third-order valence-electron chi connectivity index (χ3n) is 3.92. The predicted octanol–water partition coefficient (Wildman–Crippen LogP) is 0.442. The van der Waals surface area contributed by atoms with Gasteiger partial charge in [-0.15, -0.1) is 0 Å². The van der Waals surface area contributed by atoms with Crippen molar-refractivity contribution in [3.05, 3.63) is 0 Å². The largest absolute Gasteiger partial charge is 0.481 e. The topological polar surface area (TPSA) is 122 Å². The molecule has 0 bridgehead atoms. The van der Waals surface area contributed by atoms with Crippen LogP contribution in [0.4, 0.5) is 4.79 Å². The lowest BCUT2D eigenvalue weighted by Crippen LogP contribution is -2.49. The summed E-state index contributed by atoms with van der Waals surface area (Å²) in [6.45, 7) is 3.77. The van der Waals surface area contributed by atoms with Crippen molar-refractivity contribution < 1.29 is 19.5 Å². The average molecular weight is 285 g/mol. The Bertz CT molecular complexity index is 402. The van der Waals surface area contributed by atoms with E-state index in [1.54, 1.807) is 13.8 Å². The number of urea groups is 1. The number of primary amides is 1. The maximum Gasteiger partial charge on any atom is 0.314 e. The van der Waals surface area contributed by atoms with E-state index in [1.807, 2.05) is 0 Å². The minimum absolute atomic E-state index is 0.0695. The van der Waals surface area contributed by atoms with Crippen LogP contribution >= 0.6 is 0 Å². The van der Waals surface area contributed by atoms with Gasteiger partial charge in [-0.25, -0.2) is 4.79 Å². The number of carbonyl (C=O) groups is 3. The molecule has 0 aliphatic heterocycles.